The first kappa shape index (κ1) is 32.7. The van der Waals surface area contributed by atoms with Crippen molar-refractivity contribution in [3.05, 3.63) is 126 Å². The molecule has 0 aliphatic heterocycles. The monoisotopic (exact) mass is 667 g/mol. The van der Waals surface area contributed by atoms with Crippen molar-refractivity contribution in [2.75, 3.05) is 7.11 Å². The molecule has 4 aliphatic rings. The molecule has 0 amide bonds. The van der Waals surface area contributed by atoms with E-state index in [4.69, 9.17) is 14.2 Å². The Morgan fingerprint density at radius 1 is 0.796 bits per heavy atom. The summed E-state index contributed by atoms with van der Waals surface area (Å²) in [6.45, 7) is 9.86. The van der Waals surface area contributed by atoms with Crippen LogP contribution in [0.15, 0.2) is 114 Å². The molecule has 3 nitrogen and oxygen atoms in total. The SMILES string of the molecule is COc1ccc2c(c1)CC[C@@H]1[C@@H]2CC[C@]2(C)[C@H](O[Si](c3ccccc3)(c3ccccc3)C(C)(C)C)[C@H](N=CC3C[C@H]3c3ccccc3)C[C@@H]12. The Morgan fingerprint density at radius 2 is 1.45 bits per heavy atom. The summed E-state index contributed by atoms with van der Waals surface area (Å²) in [5, 5.41) is 2.65. The van der Waals surface area contributed by atoms with Gasteiger partial charge in [-0.1, -0.05) is 125 Å². The summed E-state index contributed by atoms with van der Waals surface area (Å²) in [4.78, 5) is 5.63. The van der Waals surface area contributed by atoms with E-state index in [0.717, 1.165) is 18.6 Å². The maximum absolute atomic E-state index is 8.17. The van der Waals surface area contributed by atoms with Crippen LogP contribution in [0.3, 0.4) is 0 Å². The zero-order valence-electron chi connectivity index (χ0n) is 30.0. The van der Waals surface area contributed by atoms with Crippen LogP contribution in [-0.2, 0) is 10.8 Å². The third kappa shape index (κ3) is 5.64. The molecule has 0 aromatic heterocycles. The lowest BCUT2D eigenvalue weighted by molar-refractivity contribution is -0.0174. The summed E-state index contributed by atoms with van der Waals surface area (Å²) < 4.78 is 13.8. The third-order valence-corrected chi connectivity index (χ3v) is 18.1. The molecule has 4 heteroatoms. The summed E-state index contributed by atoms with van der Waals surface area (Å²) in [7, 11) is -1.000. The number of hydrogen-bond acceptors (Lipinski definition) is 3. The molecule has 4 aliphatic carbocycles. The minimum absolute atomic E-state index is 0.0581. The normalized spacial score (nSPS) is 30.8. The Bertz CT molecular complexity index is 1740. The zero-order valence-corrected chi connectivity index (χ0v) is 31.0. The number of hydrogen-bond donors (Lipinski definition) is 0. The van der Waals surface area contributed by atoms with Gasteiger partial charge in [0, 0.05) is 12.1 Å². The summed E-state index contributed by atoms with van der Waals surface area (Å²) in [5.41, 5.74) is 4.57. The van der Waals surface area contributed by atoms with Gasteiger partial charge in [0.15, 0.2) is 0 Å². The van der Waals surface area contributed by atoms with Gasteiger partial charge in [-0.3, -0.25) is 4.99 Å². The van der Waals surface area contributed by atoms with Crippen LogP contribution in [0.5, 0.6) is 5.75 Å². The first-order valence-corrected chi connectivity index (χ1v) is 20.7. The zero-order chi connectivity index (χ0) is 33.8. The van der Waals surface area contributed by atoms with Gasteiger partial charge in [0.2, 0.25) is 0 Å². The fraction of sp³-hybridized carbons (Fsp3) is 0.444. The Labute approximate surface area is 295 Å². The largest absolute Gasteiger partial charge is 0.497 e. The van der Waals surface area contributed by atoms with E-state index in [2.05, 4.69) is 143 Å². The highest BCUT2D eigenvalue weighted by Gasteiger charge is 2.62. The number of aliphatic imine (C=N–C) groups is 1. The van der Waals surface area contributed by atoms with E-state index in [1.807, 2.05) is 0 Å². The molecule has 8 atom stereocenters. The number of fused-ring (bicyclic) bond motifs is 5. The first-order valence-electron chi connectivity index (χ1n) is 18.8. The van der Waals surface area contributed by atoms with Crippen molar-refractivity contribution in [1.82, 2.24) is 0 Å². The van der Waals surface area contributed by atoms with Crippen molar-refractivity contribution in [2.24, 2.45) is 28.2 Å². The van der Waals surface area contributed by atoms with E-state index < -0.39 is 8.32 Å². The van der Waals surface area contributed by atoms with Crippen LogP contribution in [0, 0.1) is 23.2 Å². The van der Waals surface area contributed by atoms with Crippen LogP contribution in [-0.4, -0.2) is 33.8 Å². The average Bonchev–Trinajstić information content (AvgIpc) is 3.85. The van der Waals surface area contributed by atoms with Crippen molar-refractivity contribution >= 4 is 24.9 Å². The van der Waals surface area contributed by atoms with E-state index in [-0.39, 0.29) is 22.6 Å². The minimum Gasteiger partial charge on any atom is -0.497 e. The second kappa shape index (κ2) is 12.7. The van der Waals surface area contributed by atoms with Crippen LogP contribution in [0.1, 0.15) is 88.3 Å². The number of benzene rings is 4. The van der Waals surface area contributed by atoms with Crippen LogP contribution >= 0.6 is 0 Å². The van der Waals surface area contributed by atoms with Gasteiger partial charge in [-0.25, -0.2) is 0 Å². The van der Waals surface area contributed by atoms with E-state index in [1.54, 1.807) is 12.7 Å². The maximum atomic E-state index is 8.17. The van der Waals surface area contributed by atoms with Crippen LogP contribution in [0.2, 0.25) is 5.04 Å². The first-order chi connectivity index (χ1) is 23.7. The highest BCUT2D eigenvalue weighted by molar-refractivity contribution is 6.99. The Morgan fingerprint density at radius 3 is 2.08 bits per heavy atom. The fourth-order valence-corrected chi connectivity index (χ4v) is 15.4. The molecule has 0 radical (unpaired) electrons. The van der Waals surface area contributed by atoms with E-state index in [1.165, 1.54) is 47.2 Å². The standard InChI is InChI=1S/C45H53NO2Si/c1-44(2,3)49(35-17-11-7-12-18-35,36-19-13-8-14-20-36)48-43-42(46-30-33-28-40(33)31-15-9-6-10-16-31)29-41-39-23-21-32-27-34(47-5)22-24-37(32)38(39)25-26-45(41,43)4/h6-20,22,24,27,30,33,38-43H,21,23,25-26,28-29H2,1-5H3/t33?,38-,39-,40+,41+,42-,43-,45+/m1/s1. The lowest BCUT2D eigenvalue weighted by atomic mass is 9.55. The minimum atomic E-state index is -2.79. The van der Waals surface area contributed by atoms with Crippen molar-refractivity contribution in [1.29, 1.82) is 0 Å². The topological polar surface area (TPSA) is 30.8 Å². The number of nitrogens with zero attached hydrogens (tertiary/aromatic N) is 1. The molecular weight excluding hydrogens is 615 g/mol. The predicted molar refractivity (Wildman–Crippen MR) is 205 cm³/mol. The van der Waals surface area contributed by atoms with E-state index >= 15 is 0 Å². The van der Waals surface area contributed by atoms with Gasteiger partial charge in [-0.2, -0.15) is 0 Å². The van der Waals surface area contributed by atoms with Gasteiger partial charge in [0.1, 0.15) is 5.75 Å². The third-order valence-electron chi connectivity index (χ3n) is 13.1. The van der Waals surface area contributed by atoms with Crippen molar-refractivity contribution in [2.45, 2.75) is 95.2 Å². The van der Waals surface area contributed by atoms with Crippen molar-refractivity contribution in [3.63, 3.8) is 0 Å². The molecular formula is C45H53NO2Si. The summed E-state index contributed by atoms with van der Waals surface area (Å²) in [5.74, 6) is 3.95. The highest BCUT2D eigenvalue weighted by atomic mass is 28.4. The summed E-state index contributed by atoms with van der Waals surface area (Å²) in [6, 6.07) is 40.6. The van der Waals surface area contributed by atoms with Gasteiger partial charge in [0.05, 0.1) is 19.3 Å². The molecule has 0 bridgehead atoms. The molecule has 3 fully saturated rings. The second-order valence-electron chi connectivity index (χ2n) is 16.7. The number of methoxy groups -OCH3 is 1. The summed E-state index contributed by atoms with van der Waals surface area (Å²) in [6.07, 6.45) is 9.50. The molecule has 4 aromatic carbocycles. The summed E-state index contributed by atoms with van der Waals surface area (Å²) >= 11 is 0. The molecule has 3 saturated carbocycles. The van der Waals surface area contributed by atoms with Crippen LogP contribution in [0.25, 0.3) is 0 Å². The van der Waals surface area contributed by atoms with Crippen LogP contribution in [0.4, 0.5) is 0 Å². The Kier molecular flexibility index (Phi) is 8.47. The molecule has 0 N–H and O–H groups in total. The lowest BCUT2D eigenvalue weighted by Gasteiger charge is -2.53. The van der Waals surface area contributed by atoms with Crippen molar-refractivity contribution in [3.8, 4) is 5.75 Å². The van der Waals surface area contributed by atoms with E-state index in [0.29, 0.717) is 29.6 Å². The number of aryl methyl sites for hydroxylation is 1. The molecule has 1 unspecified atom stereocenters. The van der Waals surface area contributed by atoms with Gasteiger partial charge in [0.25, 0.3) is 8.32 Å². The van der Waals surface area contributed by atoms with Gasteiger partial charge < -0.3 is 9.16 Å². The smallest absolute Gasteiger partial charge is 0.261 e. The lowest BCUT2D eigenvalue weighted by Crippen LogP contribution is -2.69. The molecule has 49 heavy (non-hydrogen) atoms. The average molecular weight is 668 g/mol. The fourth-order valence-electron chi connectivity index (χ4n) is 10.6. The molecule has 0 spiro atoms. The van der Waals surface area contributed by atoms with Crippen LogP contribution < -0.4 is 15.1 Å². The van der Waals surface area contributed by atoms with E-state index in [9.17, 15) is 0 Å². The predicted octanol–water partition coefficient (Wildman–Crippen LogP) is 9.35. The number of rotatable bonds is 8. The number of ether oxygens (including phenoxy) is 1. The highest BCUT2D eigenvalue weighted by Crippen LogP contribution is 2.63. The van der Waals surface area contributed by atoms with Gasteiger partial charge >= 0.3 is 0 Å². The molecule has 0 heterocycles. The molecule has 8 rings (SSSR count). The Hall–Kier alpha value is -3.47. The molecule has 254 valence electrons. The Balaban J connectivity index is 1.20. The molecule has 0 saturated heterocycles. The van der Waals surface area contributed by atoms with Gasteiger partial charge in [-0.05, 0) is 112 Å². The second-order valence-corrected chi connectivity index (χ2v) is 21.0. The quantitative estimate of drug-likeness (QED) is 0.139. The van der Waals surface area contributed by atoms with Crippen molar-refractivity contribution < 1.29 is 9.16 Å². The molecule has 4 aromatic rings. The maximum Gasteiger partial charge on any atom is 0.261 e. The van der Waals surface area contributed by atoms with Gasteiger partial charge in [-0.15, -0.1) is 0 Å².